The molecule has 0 aliphatic carbocycles. The number of carbonyl (C=O) groups is 1. The molecule has 1 aliphatic rings. The van der Waals surface area contributed by atoms with E-state index in [1.807, 2.05) is 33.4 Å². The summed E-state index contributed by atoms with van der Waals surface area (Å²) in [5.74, 6) is 1.30. The molecule has 1 aromatic carbocycles. The molecule has 0 unspecified atom stereocenters. The summed E-state index contributed by atoms with van der Waals surface area (Å²) in [5.41, 5.74) is 2.25. The fourth-order valence-corrected chi connectivity index (χ4v) is 3.75. The standard InChI is InChI=1S/C21H30N4O/c1-17-22-12-15-24(17)14-11-20-6-4-5-13-25(20)21(26)16-18-7-9-19(10-8-18)23(2)3/h7-10,12,15,20H,4-6,11,13-14,16H2,1-3H3/t20-/m0/s1. The molecule has 0 bridgehead atoms. The lowest BCUT2D eigenvalue weighted by Crippen LogP contribution is -2.44. The zero-order valence-electron chi connectivity index (χ0n) is 16.2. The van der Waals surface area contributed by atoms with Gasteiger partial charge < -0.3 is 14.4 Å². The third kappa shape index (κ3) is 4.45. The van der Waals surface area contributed by atoms with Crippen molar-refractivity contribution in [2.75, 3.05) is 25.5 Å². The third-order valence-corrected chi connectivity index (χ3v) is 5.38. The Morgan fingerprint density at radius 1 is 1.23 bits per heavy atom. The van der Waals surface area contributed by atoms with Gasteiger partial charge in [-0.1, -0.05) is 12.1 Å². The van der Waals surface area contributed by atoms with E-state index in [0.717, 1.165) is 49.4 Å². The van der Waals surface area contributed by atoms with Gasteiger partial charge in [0.1, 0.15) is 5.82 Å². The van der Waals surface area contributed by atoms with Crippen LogP contribution in [0.15, 0.2) is 36.7 Å². The fraction of sp³-hybridized carbons (Fsp3) is 0.524. The van der Waals surface area contributed by atoms with Crippen LogP contribution in [0.25, 0.3) is 0 Å². The summed E-state index contributed by atoms with van der Waals surface area (Å²) < 4.78 is 2.18. The molecular weight excluding hydrogens is 324 g/mol. The van der Waals surface area contributed by atoms with Gasteiger partial charge in [-0.05, 0) is 50.3 Å². The number of nitrogens with zero attached hydrogens (tertiary/aromatic N) is 4. The number of anilines is 1. The average Bonchev–Trinajstić information content (AvgIpc) is 3.05. The van der Waals surface area contributed by atoms with Crippen molar-refractivity contribution >= 4 is 11.6 Å². The van der Waals surface area contributed by atoms with E-state index >= 15 is 0 Å². The van der Waals surface area contributed by atoms with Crippen LogP contribution in [-0.4, -0.2) is 47.0 Å². The first-order chi connectivity index (χ1) is 12.5. The molecule has 1 aromatic heterocycles. The Morgan fingerprint density at radius 3 is 2.65 bits per heavy atom. The highest BCUT2D eigenvalue weighted by molar-refractivity contribution is 5.79. The highest BCUT2D eigenvalue weighted by Gasteiger charge is 2.26. The topological polar surface area (TPSA) is 41.4 Å². The first-order valence-electron chi connectivity index (χ1n) is 9.58. The van der Waals surface area contributed by atoms with E-state index in [-0.39, 0.29) is 5.91 Å². The van der Waals surface area contributed by atoms with Gasteiger partial charge in [0.05, 0.1) is 6.42 Å². The molecule has 26 heavy (non-hydrogen) atoms. The molecule has 0 radical (unpaired) electrons. The quantitative estimate of drug-likeness (QED) is 0.799. The maximum atomic E-state index is 12.9. The highest BCUT2D eigenvalue weighted by Crippen LogP contribution is 2.22. The minimum Gasteiger partial charge on any atom is -0.378 e. The smallest absolute Gasteiger partial charge is 0.227 e. The second-order valence-electron chi connectivity index (χ2n) is 7.43. The van der Waals surface area contributed by atoms with Crippen molar-refractivity contribution in [3.05, 3.63) is 48.0 Å². The molecule has 1 saturated heterocycles. The molecule has 0 saturated carbocycles. The van der Waals surface area contributed by atoms with E-state index in [0.29, 0.717) is 12.5 Å². The Morgan fingerprint density at radius 2 is 2.00 bits per heavy atom. The van der Waals surface area contributed by atoms with Crippen LogP contribution in [0, 0.1) is 6.92 Å². The molecule has 2 aromatic rings. The monoisotopic (exact) mass is 354 g/mol. The Hall–Kier alpha value is -2.30. The third-order valence-electron chi connectivity index (χ3n) is 5.38. The van der Waals surface area contributed by atoms with Crippen molar-refractivity contribution in [3.8, 4) is 0 Å². The minimum atomic E-state index is 0.259. The predicted octanol–water partition coefficient (Wildman–Crippen LogP) is 3.27. The lowest BCUT2D eigenvalue weighted by Gasteiger charge is -2.36. The van der Waals surface area contributed by atoms with Crippen LogP contribution in [-0.2, 0) is 17.8 Å². The van der Waals surface area contributed by atoms with Crippen LogP contribution in [0.5, 0.6) is 0 Å². The highest BCUT2D eigenvalue weighted by atomic mass is 16.2. The maximum absolute atomic E-state index is 12.9. The molecule has 140 valence electrons. The summed E-state index contributed by atoms with van der Waals surface area (Å²) in [5, 5.41) is 0. The molecule has 3 rings (SSSR count). The van der Waals surface area contributed by atoms with Crippen LogP contribution in [0.4, 0.5) is 5.69 Å². The molecule has 1 fully saturated rings. The van der Waals surface area contributed by atoms with E-state index in [9.17, 15) is 4.79 Å². The number of aryl methyl sites for hydroxylation is 2. The predicted molar refractivity (Wildman–Crippen MR) is 105 cm³/mol. The lowest BCUT2D eigenvalue weighted by molar-refractivity contribution is -0.134. The van der Waals surface area contributed by atoms with E-state index in [4.69, 9.17) is 0 Å². The molecule has 0 N–H and O–H groups in total. The molecule has 1 atom stereocenters. The molecule has 5 nitrogen and oxygen atoms in total. The molecule has 2 heterocycles. The SMILES string of the molecule is Cc1nccn1CC[C@@H]1CCCCN1C(=O)Cc1ccc(N(C)C)cc1. The van der Waals surface area contributed by atoms with Gasteiger partial charge in [-0.15, -0.1) is 0 Å². The fourth-order valence-electron chi connectivity index (χ4n) is 3.75. The van der Waals surface area contributed by atoms with Gasteiger partial charge in [0.2, 0.25) is 5.91 Å². The average molecular weight is 354 g/mol. The first-order valence-corrected chi connectivity index (χ1v) is 9.58. The number of likely N-dealkylation sites (tertiary alicyclic amines) is 1. The first kappa shape index (κ1) is 18.5. The van der Waals surface area contributed by atoms with Crippen LogP contribution < -0.4 is 4.90 Å². The van der Waals surface area contributed by atoms with Crippen molar-refractivity contribution in [3.63, 3.8) is 0 Å². The van der Waals surface area contributed by atoms with Gasteiger partial charge in [0, 0.05) is 51.3 Å². The summed E-state index contributed by atoms with van der Waals surface area (Å²) in [6.07, 6.45) is 8.81. The van der Waals surface area contributed by atoms with Gasteiger partial charge in [-0.3, -0.25) is 4.79 Å². The number of hydrogen-bond acceptors (Lipinski definition) is 3. The number of carbonyl (C=O) groups excluding carboxylic acids is 1. The Balaban J connectivity index is 1.61. The minimum absolute atomic E-state index is 0.259. The second-order valence-corrected chi connectivity index (χ2v) is 7.43. The molecule has 5 heteroatoms. The molecular formula is C21H30N4O. The van der Waals surface area contributed by atoms with Crippen LogP contribution in [0.2, 0.25) is 0 Å². The number of amides is 1. The Kier molecular flexibility index (Phi) is 5.96. The van der Waals surface area contributed by atoms with Gasteiger partial charge in [0.15, 0.2) is 0 Å². The van der Waals surface area contributed by atoms with E-state index in [2.05, 4.69) is 43.6 Å². The van der Waals surface area contributed by atoms with Crippen molar-refractivity contribution in [1.29, 1.82) is 0 Å². The number of rotatable bonds is 6. The van der Waals surface area contributed by atoms with E-state index in [1.54, 1.807) is 0 Å². The summed E-state index contributed by atoms with van der Waals surface area (Å²) in [6, 6.07) is 8.65. The Bertz CT molecular complexity index is 720. The number of aromatic nitrogens is 2. The number of imidazole rings is 1. The molecule has 1 amide bonds. The van der Waals surface area contributed by atoms with Crippen molar-refractivity contribution in [1.82, 2.24) is 14.5 Å². The number of benzene rings is 1. The van der Waals surface area contributed by atoms with Gasteiger partial charge >= 0.3 is 0 Å². The van der Waals surface area contributed by atoms with Crippen molar-refractivity contribution in [2.45, 2.75) is 51.6 Å². The van der Waals surface area contributed by atoms with Crippen molar-refractivity contribution < 1.29 is 4.79 Å². The summed E-state index contributed by atoms with van der Waals surface area (Å²) in [4.78, 5) is 21.4. The van der Waals surface area contributed by atoms with Crippen molar-refractivity contribution in [2.24, 2.45) is 0 Å². The summed E-state index contributed by atoms with van der Waals surface area (Å²) in [6.45, 7) is 3.85. The zero-order valence-corrected chi connectivity index (χ0v) is 16.2. The Labute approximate surface area is 156 Å². The second kappa shape index (κ2) is 8.39. The lowest BCUT2D eigenvalue weighted by atomic mass is 9.98. The normalized spacial score (nSPS) is 17.3. The van der Waals surface area contributed by atoms with Gasteiger partial charge in [0.25, 0.3) is 0 Å². The largest absolute Gasteiger partial charge is 0.378 e. The van der Waals surface area contributed by atoms with Crippen LogP contribution in [0.1, 0.15) is 37.1 Å². The van der Waals surface area contributed by atoms with E-state index in [1.165, 1.54) is 6.42 Å². The van der Waals surface area contributed by atoms with E-state index < -0.39 is 0 Å². The van der Waals surface area contributed by atoms with Gasteiger partial charge in [-0.2, -0.15) is 0 Å². The number of piperidine rings is 1. The summed E-state index contributed by atoms with van der Waals surface area (Å²) >= 11 is 0. The van der Waals surface area contributed by atoms with Gasteiger partial charge in [-0.25, -0.2) is 4.98 Å². The molecule has 0 spiro atoms. The zero-order chi connectivity index (χ0) is 18.5. The summed E-state index contributed by atoms with van der Waals surface area (Å²) in [7, 11) is 4.06. The van der Waals surface area contributed by atoms with Crippen LogP contribution in [0.3, 0.4) is 0 Å². The number of hydrogen-bond donors (Lipinski definition) is 0. The maximum Gasteiger partial charge on any atom is 0.227 e. The van der Waals surface area contributed by atoms with Crippen LogP contribution >= 0.6 is 0 Å². The molecule has 1 aliphatic heterocycles.